The molecule has 3 atom stereocenters. The number of nitrogens with one attached hydrogen (secondary N) is 1. The Kier molecular flexibility index (Phi) is 10.9. The van der Waals surface area contributed by atoms with Gasteiger partial charge in [-0.05, 0) is 36.7 Å². The number of thioether (sulfide) groups is 3. The number of amides is 2. The fourth-order valence-corrected chi connectivity index (χ4v) is 7.99. The maximum absolute atomic E-state index is 13.0. The molecule has 10 nitrogen and oxygen atoms in total. The van der Waals surface area contributed by atoms with Gasteiger partial charge in [-0.25, -0.2) is 9.36 Å². The highest BCUT2D eigenvalue weighted by Crippen LogP contribution is 2.41. The van der Waals surface area contributed by atoms with Crippen molar-refractivity contribution in [3.05, 3.63) is 64.0 Å². The van der Waals surface area contributed by atoms with Gasteiger partial charge in [0.25, 0.3) is 5.91 Å². The van der Waals surface area contributed by atoms with Gasteiger partial charge in [0.15, 0.2) is 18.9 Å². The summed E-state index contributed by atoms with van der Waals surface area (Å²) in [6.45, 7) is 0.585. The summed E-state index contributed by atoms with van der Waals surface area (Å²) >= 11 is 16.2. The molecule has 0 saturated carbocycles. The van der Waals surface area contributed by atoms with E-state index in [0.717, 1.165) is 4.90 Å². The number of halogens is 2. The lowest BCUT2D eigenvalue weighted by Crippen LogP contribution is -2.70. The van der Waals surface area contributed by atoms with Crippen LogP contribution in [-0.4, -0.2) is 74.1 Å². The van der Waals surface area contributed by atoms with E-state index < -0.39 is 35.2 Å². The van der Waals surface area contributed by atoms with Crippen LogP contribution in [0.25, 0.3) is 0 Å². The number of carbonyl (C=O) groups is 4. The number of hydrogen-bond donors (Lipinski definition) is 4. The summed E-state index contributed by atoms with van der Waals surface area (Å²) in [6.07, 6.45) is 3.93. The van der Waals surface area contributed by atoms with Crippen LogP contribution in [0.15, 0.2) is 63.8 Å². The average Bonchev–Trinajstić information content (AvgIpc) is 2.95. The summed E-state index contributed by atoms with van der Waals surface area (Å²) in [4.78, 5) is 51.8. The fourth-order valence-electron chi connectivity index (χ4n) is 4.32. The zero-order chi connectivity index (χ0) is 29.7. The molecule has 1 saturated heterocycles. The number of rotatable bonds is 13. The Balaban J connectivity index is 1.35. The van der Waals surface area contributed by atoms with Gasteiger partial charge >= 0.3 is 11.9 Å². The van der Waals surface area contributed by atoms with E-state index >= 15 is 0 Å². The van der Waals surface area contributed by atoms with Gasteiger partial charge in [0.1, 0.15) is 23.0 Å². The molecule has 2 aliphatic heterocycles. The molecule has 0 unspecified atom stereocenters. The van der Waals surface area contributed by atoms with Crippen molar-refractivity contribution in [2.24, 2.45) is 11.7 Å². The number of fused-ring (bicyclic) bond motifs is 1. The van der Waals surface area contributed by atoms with Crippen molar-refractivity contribution in [2.45, 2.75) is 34.2 Å². The smallest absolute Gasteiger partial charge is 0.352 e. The lowest BCUT2D eigenvalue weighted by Gasteiger charge is -2.49. The molecule has 0 bridgehead atoms. The first kappa shape index (κ1) is 31.5. The third-order valence-electron chi connectivity index (χ3n) is 6.39. The number of β-lactam (4-membered cyclic amide) rings is 1. The molecule has 15 heteroatoms. The number of pyridine rings is 1. The van der Waals surface area contributed by atoms with Crippen LogP contribution >= 0.6 is 58.5 Å². The van der Waals surface area contributed by atoms with Gasteiger partial charge in [0.2, 0.25) is 5.91 Å². The Labute approximate surface area is 259 Å². The Morgan fingerprint density at radius 1 is 1.17 bits per heavy atom. The van der Waals surface area contributed by atoms with Gasteiger partial charge in [-0.1, -0.05) is 23.2 Å². The molecule has 1 aromatic heterocycles. The fraction of sp³-hybridized carbons (Fsp3) is 0.346. The minimum atomic E-state index is -1.19. The molecule has 41 heavy (non-hydrogen) atoms. The second kappa shape index (κ2) is 14.2. The lowest BCUT2D eigenvalue weighted by atomic mass is 10.0. The number of carboxylic acids is 2. The summed E-state index contributed by atoms with van der Waals surface area (Å²) in [5.74, 6) is -2.73. The van der Waals surface area contributed by atoms with E-state index in [0.29, 0.717) is 45.0 Å². The third-order valence-corrected chi connectivity index (χ3v) is 10.6. The van der Waals surface area contributed by atoms with Gasteiger partial charge in [0, 0.05) is 38.5 Å². The Hall–Kier alpha value is -2.42. The van der Waals surface area contributed by atoms with E-state index in [4.69, 9.17) is 28.9 Å². The molecule has 3 heterocycles. The third kappa shape index (κ3) is 7.70. The monoisotopic (exact) mass is 657 g/mol. The van der Waals surface area contributed by atoms with Crippen molar-refractivity contribution in [1.82, 2.24) is 10.2 Å². The maximum Gasteiger partial charge on any atom is 0.352 e. The topological polar surface area (TPSA) is 154 Å². The summed E-state index contributed by atoms with van der Waals surface area (Å²) < 4.78 is 1.77. The van der Waals surface area contributed by atoms with E-state index in [-0.39, 0.29) is 23.9 Å². The standard InChI is InChI=1S/C26H26Cl2N4O6S3/c27-16-1-2-18(28)19(9-16)40-13-20(33)30-21-23(34)32-22(26(37)38)15(12-41-24(21)32)11-39-17-4-7-31(8-5-17)10-14(3-6-29)25(35)36/h1-2,4-5,7-9,14,21,24H,3,6,10-13,29H2,(H2-,30,33,35,36,37,38)/p+1/t14-,21+,24+/m0/s1. The van der Waals surface area contributed by atoms with Crippen LogP contribution in [0.3, 0.4) is 0 Å². The van der Waals surface area contributed by atoms with Gasteiger partial charge < -0.3 is 21.3 Å². The summed E-state index contributed by atoms with van der Waals surface area (Å²) in [5.41, 5.74) is 6.08. The zero-order valence-corrected chi connectivity index (χ0v) is 25.5. The summed E-state index contributed by atoms with van der Waals surface area (Å²) in [6, 6.07) is 7.80. The SMILES string of the molecule is NCC[C@@H](C[n+]1ccc(SCC2=C(C(=O)O)N3C(=O)[C@@H](NC(=O)CSc4cc(Cl)ccc4Cl)[C@H]3SC2)cc1)C(=O)O. The zero-order valence-electron chi connectivity index (χ0n) is 21.5. The molecule has 2 aromatic rings. The molecule has 0 spiro atoms. The predicted molar refractivity (Wildman–Crippen MR) is 159 cm³/mol. The van der Waals surface area contributed by atoms with Crippen LogP contribution in [-0.2, 0) is 25.7 Å². The van der Waals surface area contributed by atoms with Crippen molar-refractivity contribution >= 4 is 82.2 Å². The minimum Gasteiger partial charge on any atom is -0.481 e. The summed E-state index contributed by atoms with van der Waals surface area (Å²) in [7, 11) is 0. The number of aromatic nitrogens is 1. The second-order valence-corrected chi connectivity index (χ2v) is 13.2. The Bertz CT molecular complexity index is 1380. The molecular formula is C26H27Cl2N4O6S3+. The lowest BCUT2D eigenvalue weighted by molar-refractivity contribution is -0.701. The highest BCUT2D eigenvalue weighted by molar-refractivity contribution is 8.01. The first-order valence-corrected chi connectivity index (χ1v) is 16.2. The van der Waals surface area contributed by atoms with Gasteiger partial charge in [-0.3, -0.25) is 19.3 Å². The van der Waals surface area contributed by atoms with E-state index in [1.807, 2.05) is 12.1 Å². The maximum atomic E-state index is 13.0. The van der Waals surface area contributed by atoms with E-state index in [2.05, 4.69) is 5.32 Å². The van der Waals surface area contributed by atoms with Crippen molar-refractivity contribution in [2.75, 3.05) is 23.8 Å². The van der Waals surface area contributed by atoms with Crippen molar-refractivity contribution in [3.8, 4) is 0 Å². The van der Waals surface area contributed by atoms with Crippen molar-refractivity contribution < 1.29 is 34.0 Å². The minimum absolute atomic E-state index is 0.0196. The van der Waals surface area contributed by atoms with Crippen LogP contribution in [0.1, 0.15) is 6.42 Å². The van der Waals surface area contributed by atoms with Crippen LogP contribution < -0.4 is 15.6 Å². The van der Waals surface area contributed by atoms with E-state index in [1.165, 1.54) is 40.2 Å². The number of benzene rings is 1. The molecular weight excluding hydrogens is 631 g/mol. The molecule has 4 rings (SSSR count). The van der Waals surface area contributed by atoms with Crippen molar-refractivity contribution in [1.29, 1.82) is 0 Å². The van der Waals surface area contributed by atoms with Gasteiger partial charge in [-0.2, -0.15) is 0 Å². The highest BCUT2D eigenvalue weighted by Gasteiger charge is 2.54. The largest absolute Gasteiger partial charge is 0.481 e. The van der Waals surface area contributed by atoms with Crippen LogP contribution in [0.2, 0.25) is 10.0 Å². The predicted octanol–water partition coefficient (Wildman–Crippen LogP) is 2.95. The normalized spacial score (nSPS) is 18.9. The van der Waals surface area contributed by atoms with Crippen LogP contribution in [0.4, 0.5) is 0 Å². The second-order valence-electron chi connectivity index (χ2n) is 9.21. The first-order chi connectivity index (χ1) is 19.6. The Morgan fingerprint density at radius 2 is 1.90 bits per heavy atom. The number of carbonyl (C=O) groups excluding carboxylic acids is 2. The number of nitrogens with two attached hydrogens (primary N) is 1. The highest BCUT2D eigenvalue weighted by atomic mass is 35.5. The summed E-state index contributed by atoms with van der Waals surface area (Å²) in [5, 5.41) is 22.5. The molecule has 218 valence electrons. The van der Waals surface area contributed by atoms with Gasteiger partial charge in [0.05, 0.1) is 10.8 Å². The average molecular weight is 659 g/mol. The van der Waals surface area contributed by atoms with Crippen LogP contribution in [0.5, 0.6) is 0 Å². The first-order valence-electron chi connectivity index (χ1n) is 12.4. The van der Waals surface area contributed by atoms with Crippen LogP contribution in [0, 0.1) is 5.92 Å². The number of hydrogen-bond acceptors (Lipinski definition) is 8. The number of aliphatic carboxylic acids is 2. The molecule has 0 aliphatic carbocycles. The molecule has 0 radical (unpaired) electrons. The van der Waals surface area contributed by atoms with Gasteiger partial charge in [-0.15, -0.1) is 35.3 Å². The number of nitrogens with zero attached hydrogens (tertiary/aromatic N) is 2. The molecule has 1 aromatic carbocycles. The number of carboxylic acid groups (broad SMARTS) is 2. The molecule has 2 aliphatic rings. The molecule has 1 fully saturated rings. The molecule has 2 amide bonds. The van der Waals surface area contributed by atoms with Crippen molar-refractivity contribution in [3.63, 3.8) is 0 Å². The van der Waals surface area contributed by atoms with E-state index in [9.17, 15) is 29.4 Å². The quantitative estimate of drug-likeness (QED) is 0.144. The molecule has 5 N–H and O–H groups in total. The van der Waals surface area contributed by atoms with E-state index in [1.54, 1.807) is 35.2 Å². The Morgan fingerprint density at radius 3 is 2.56 bits per heavy atom.